The van der Waals surface area contributed by atoms with Crippen molar-refractivity contribution in [1.82, 2.24) is 9.13 Å². The van der Waals surface area contributed by atoms with E-state index in [0.717, 1.165) is 24.0 Å². The minimum atomic E-state index is -2.03. The normalized spacial score (nSPS) is 15.5. The number of likely N-dealkylation sites (tertiary alicyclic amines) is 1. The van der Waals surface area contributed by atoms with Gasteiger partial charge in [0.1, 0.15) is 5.60 Å². The fraction of sp³-hybridized carbons (Fsp3) is 0.559. The number of carbonyl (C=O) groups excluding carboxylic acids is 1. The molecule has 2 heterocycles. The van der Waals surface area contributed by atoms with E-state index in [2.05, 4.69) is 70.2 Å². The Hall–Kier alpha value is -2.67. The highest BCUT2D eigenvalue weighted by Crippen LogP contribution is 2.46. The molecule has 1 aliphatic rings. The summed E-state index contributed by atoms with van der Waals surface area (Å²) in [5.74, 6) is -1.30. The van der Waals surface area contributed by atoms with Crippen LogP contribution in [0, 0.1) is 11.6 Å². The molecular formula is C34H48F2N2O2Si. The van der Waals surface area contributed by atoms with Gasteiger partial charge in [0.25, 0.3) is 0 Å². The van der Waals surface area contributed by atoms with Crippen LogP contribution in [0.2, 0.25) is 16.6 Å². The second-order valence-corrected chi connectivity index (χ2v) is 19.5. The van der Waals surface area contributed by atoms with Gasteiger partial charge in [-0.1, -0.05) is 53.7 Å². The van der Waals surface area contributed by atoms with Gasteiger partial charge in [-0.15, -0.1) is 0 Å². The Balaban J connectivity index is 1.77. The second-order valence-electron chi connectivity index (χ2n) is 13.8. The number of ether oxygens (including phenoxy) is 1. The Morgan fingerprint density at radius 1 is 0.902 bits per heavy atom. The summed E-state index contributed by atoms with van der Waals surface area (Å²) < 4.78 is 35.9. The molecule has 3 aromatic rings. The summed E-state index contributed by atoms with van der Waals surface area (Å²) in [6, 6.07) is 10.8. The van der Waals surface area contributed by atoms with Crippen LogP contribution in [0.25, 0.3) is 10.9 Å². The van der Waals surface area contributed by atoms with Crippen molar-refractivity contribution in [1.29, 1.82) is 0 Å². The molecule has 0 atom stereocenters. The predicted octanol–water partition coefficient (Wildman–Crippen LogP) is 9.65. The first-order valence-corrected chi connectivity index (χ1v) is 17.4. The van der Waals surface area contributed by atoms with Gasteiger partial charge >= 0.3 is 6.09 Å². The molecule has 0 aliphatic carbocycles. The zero-order valence-corrected chi connectivity index (χ0v) is 27.4. The minimum absolute atomic E-state index is 0.238. The number of benzene rings is 2. The van der Waals surface area contributed by atoms with Crippen molar-refractivity contribution in [3.63, 3.8) is 0 Å². The third-order valence-corrected chi connectivity index (χ3v) is 15.8. The number of rotatable bonds is 7. The third kappa shape index (κ3) is 6.25. The van der Waals surface area contributed by atoms with E-state index < -0.39 is 25.5 Å². The number of hydrogen-bond donors (Lipinski definition) is 0. The molecule has 4 nitrogen and oxygen atoms in total. The van der Waals surface area contributed by atoms with Crippen molar-refractivity contribution in [2.75, 3.05) is 13.1 Å². The van der Waals surface area contributed by atoms with E-state index in [9.17, 15) is 13.6 Å². The molecule has 0 saturated carbocycles. The number of nitrogens with zero attached hydrogens (tertiary/aromatic N) is 2. The molecule has 224 valence electrons. The highest BCUT2D eigenvalue weighted by molar-refractivity contribution is 6.82. The van der Waals surface area contributed by atoms with Crippen LogP contribution in [0.4, 0.5) is 13.6 Å². The van der Waals surface area contributed by atoms with Gasteiger partial charge in [0, 0.05) is 24.0 Å². The van der Waals surface area contributed by atoms with Crippen LogP contribution in [-0.2, 0) is 11.2 Å². The van der Waals surface area contributed by atoms with Crippen molar-refractivity contribution in [3.8, 4) is 0 Å². The summed E-state index contributed by atoms with van der Waals surface area (Å²) in [5.41, 5.74) is 5.57. The molecule has 4 rings (SSSR count). The smallest absolute Gasteiger partial charge is 0.410 e. The van der Waals surface area contributed by atoms with Crippen molar-refractivity contribution >= 4 is 25.2 Å². The number of halogens is 2. The monoisotopic (exact) mass is 582 g/mol. The van der Waals surface area contributed by atoms with E-state index in [0.29, 0.717) is 42.1 Å². The summed E-state index contributed by atoms with van der Waals surface area (Å²) >= 11 is 0. The van der Waals surface area contributed by atoms with Crippen LogP contribution >= 0.6 is 0 Å². The summed E-state index contributed by atoms with van der Waals surface area (Å²) in [7, 11) is -2.03. The van der Waals surface area contributed by atoms with E-state index in [1.54, 1.807) is 6.07 Å². The SMILES string of the molecule is CC(C)[Si](C(C)C)(C(C)C)n1cc(C2CCN(C(=O)OC(C)(C)C)CC2)c2cc(Cc3ccc(F)c(F)c3)ccc21. The van der Waals surface area contributed by atoms with Crippen molar-refractivity contribution in [2.45, 2.75) is 110 Å². The van der Waals surface area contributed by atoms with E-state index in [1.165, 1.54) is 28.6 Å². The van der Waals surface area contributed by atoms with Gasteiger partial charge in [-0.3, -0.25) is 0 Å². The van der Waals surface area contributed by atoms with Crippen LogP contribution in [-0.4, -0.2) is 42.2 Å². The molecular weight excluding hydrogens is 534 g/mol. The first-order valence-electron chi connectivity index (χ1n) is 15.2. The van der Waals surface area contributed by atoms with E-state index in [4.69, 9.17) is 4.74 Å². The van der Waals surface area contributed by atoms with Crippen LogP contribution in [0.3, 0.4) is 0 Å². The van der Waals surface area contributed by atoms with Gasteiger partial charge in [-0.2, -0.15) is 0 Å². The summed E-state index contributed by atoms with van der Waals surface area (Å²) in [6.45, 7) is 21.3. The molecule has 0 unspecified atom stereocenters. The number of carbonyl (C=O) groups is 1. The van der Waals surface area contributed by atoms with Crippen LogP contribution in [0.1, 0.15) is 97.8 Å². The highest BCUT2D eigenvalue weighted by atomic mass is 28.3. The van der Waals surface area contributed by atoms with Gasteiger partial charge in [0.15, 0.2) is 19.9 Å². The maximum Gasteiger partial charge on any atom is 0.410 e. The standard InChI is InChI=1S/C34H48F2N2O2Si/c1-22(2)41(23(3)4,24(5)6)38-21-29(27-14-16-37(17-15-27)33(39)40-34(7,8)9)28-19-25(11-13-32(28)38)18-26-10-12-30(35)31(36)20-26/h10-13,19-24,27H,14-18H2,1-9H3. The van der Waals surface area contributed by atoms with Gasteiger partial charge in [0.05, 0.1) is 0 Å². The largest absolute Gasteiger partial charge is 0.444 e. The van der Waals surface area contributed by atoms with Crippen molar-refractivity contribution < 1.29 is 18.3 Å². The molecule has 1 fully saturated rings. The fourth-order valence-corrected chi connectivity index (χ4v) is 14.1. The lowest BCUT2D eigenvalue weighted by molar-refractivity contribution is 0.0205. The molecule has 7 heteroatoms. The summed E-state index contributed by atoms with van der Waals surface area (Å²) in [4.78, 5) is 14.6. The highest BCUT2D eigenvalue weighted by Gasteiger charge is 2.46. The number of hydrogen-bond acceptors (Lipinski definition) is 2. The van der Waals surface area contributed by atoms with Crippen LogP contribution < -0.4 is 0 Å². The molecule has 2 aromatic carbocycles. The zero-order valence-electron chi connectivity index (χ0n) is 26.4. The zero-order chi connectivity index (χ0) is 30.3. The first-order chi connectivity index (χ1) is 19.1. The minimum Gasteiger partial charge on any atom is -0.444 e. The number of aromatic nitrogens is 1. The lowest BCUT2D eigenvalue weighted by Crippen LogP contribution is -2.51. The molecule has 0 radical (unpaired) electrons. The van der Waals surface area contributed by atoms with Crippen LogP contribution in [0.5, 0.6) is 0 Å². The van der Waals surface area contributed by atoms with Crippen LogP contribution in [0.15, 0.2) is 42.6 Å². The van der Waals surface area contributed by atoms with Gasteiger partial charge in [-0.05, 0) is 110 Å². The van der Waals surface area contributed by atoms with Gasteiger partial charge in [0.2, 0.25) is 0 Å². The van der Waals surface area contributed by atoms with E-state index in [1.807, 2.05) is 25.7 Å². The van der Waals surface area contributed by atoms with Gasteiger partial charge < -0.3 is 13.9 Å². The second kappa shape index (κ2) is 11.9. The summed E-state index contributed by atoms with van der Waals surface area (Å²) in [6.07, 6.45) is 4.51. The van der Waals surface area contributed by atoms with Gasteiger partial charge in [-0.25, -0.2) is 13.6 Å². The quantitative estimate of drug-likeness (QED) is 0.260. The van der Waals surface area contributed by atoms with E-state index in [-0.39, 0.29) is 6.09 Å². The molecule has 0 bridgehead atoms. The maximum atomic E-state index is 14.0. The number of amides is 1. The molecule has 1 aromatic heterocycles. The maximum absolute atomic E-state index is 14.0. The topological polar surface area (TPSA) is 34.5 Å². The van der Waals surface area contributed by atoms with E-state index >= 15 is 0 Å². The molecule has 1 amide bonds. The van der Waals surface area contributed by atoms with Crippen molar-refractivity contribution in [3.05, 3.63) is 70.9 Å². The average Bonchev–Trinajstić information content (AvgIpc) is 3.24. The lowest BCUT2D eigenvalue weighted by Gasteiger charge is -2.44. The Morgan fingerprint density at radius 3 is 2.00 bits per heavy atom. The Labute approximate surface area is 246 Å². The Morgan fingerprint density at radius 2 is 1.46 bits per heavy atom. The molecule has 0 N–H and O–H groups in total. The number of fused-ring (bicyclic) bond motifs is 1. The fourth-order valence-electron chi connectivity index (χ4n) is 7.48. The average molecular weight is 583 g/mol. The third-order valence-electron chi connectivity index (χ3n) is 9.07. The molecule has 1 aliphatic heterocycles. The first kappa shape index (κ1) is 31.3. The Kier molecular flexibility index (Phi) is 9.08. The Bertz CT molecular complexity index is 1360. The number of piperidine rings is 1. The lowest BCUT2D eigenvalue weighted by atomic mass is 9.88. The molecule has 41 heavy (non-hydrogen) atoms. The summed E-state index contributed by atoms with van der Waals surface area (Å²) in [5, 5.41) is 1.25. The molecule has 0 spiro atoms. The van der Waals surface area contributed by atoms with Crippen molar-refractivity contribution in [2.24, 2.45) is 0 Å². The molecule has 1 saturated heterocycles. The predicted molar refractivity (Wildman–Crippen MR) is 167 cm³/mol.